The van der Waals surface area contributed by atoms with E-state index in [0.717, 1.165) is 6.42 Å². The van der Waals surface area contributed by atoms with Crippen molar-refractivity contribution in [1.82, 2.24) is 0 Å². The lowest BCUT2D eigenvalue weighted by molar-refractivity contribution is -0.145. The molecule has 2 nitrogen and oxygen atoms in total. The third-order valence-corrected chi connectivity index (χ3v) is 2.75. The van der Waals surface area contributed by atoms with Gasteiger partial charge in [-0.1, -0.05) is 25.5 Å². The van der Waals surface area contributed by atoms with Gasteiger partial charge >= 0.3 is 5.97 Å². The van der Waals surface area contributed by atoms with E-state index in [-0.39, 0.29) is 17.7 Å². The normalized spacial score (nSPS) is 12.2. The highest BCUT2D eigenvalue weighted by Gasteiger charge is 2.21. The minimum absolute atomic E-state index is 0.266. The van der Waals surface area contributed by atoms with Gasteiger partial charge < -0.3 is 4.74 Å². The zero-order valence-corrected chi connectivity index (χ0v) is 10.6. The molecule has 0 saturated carbocycles. The Balaban J connectivity index is 2.96. The van der Waals surface area contributed by atoms with Gasteiger partial charge in [0.05, 0.1) is 12.5 Å². The van der Waals surface area contributed by atoms with Crippen LogP contribution in [0.15, 0.2) is 18.2 Å². The number of hydrogen-bond donors (Lipinski definition) is 0. The number of hydrogen-bond acceptors (Lipinski definition) is 2. The first-order valence-electron chi connectivity index (χ1n) is 6.02. The van der Waals surface area contributed by atoms with Gasteiger partial charge in [0.1, 0.15) is 5.82 Å². The molecule has 0 aliphatic carbocycles. The van der Waals surface area contributed by atoms with Gasteiger partial charge in [-0.15, -0.1) is 0 Å². The summed E-state index contributed by atoms with van der Waals surface area (Å²) in [5.74, 6) is -0.888. The molecule has 0 aliphatic heterocycles. The van der Waals surface area contributed by atoms with Crippen LogP contribution in [0.5, 0.6) is 0 Å². The molecular formula is C14H19FO2. The topological polar surface area (TPSA) is 26.3 Å². The number of ether oxygens (including phenoxy) is 1. The zero-order valence-electron chi connectivity index (χ0n) is 10.6. The van der Waals surface area contributed by atoms with Crippen molar-refractivity contribution in [2.75, 3.05) is 6.61 Å². The number of carbonyl (C=O) groups is 1. The molecule has 0 amide bonds. The molecule has 0 saturated heterocycles. The Morgan fingerprint density at radius 1 is 1.41 bits per heavy atom. The third-order valence-electron chi connectivity index (χ3n) is 2.75. The van der Waals surface area contributed by atoms with Crippen LogP contribution in [-0.4, -0.2) is 12.6 Å². The predicted octanol–water partition coefficient (Wildman–Crippen LogP) is 3.58. The van der Waals surface area contributed by atoms with Crippen molar-refractivity contribution in [3.63, 3.8) is 0 Å². The molecule has 0 aromatic heterocycles. The molecule has 0 spiro atoms. The average molecular weight is 238 g/mol. The van der Waals surface area contributed by atoms with E-state index in [2.05, 4.69) is 0 Å². The second-order valence-electron chi connectivity index (χ2n) is 4.10. The van der Waals surface area contributed by atoms with Gasteiger partial charge in [-0.05, 0) is 37.5 Å². The van der Waals surface area contributed by atoms with Crippen LogP contribution in [0.4, 0.5) is 4.39 Å². The minimum Gasteiger partial charge on any atom is -0.466 e. The number of benzene rings is 1. The molecule has 0 heterocycles. The van der Waals surface area contributed by atoms with Gasteiger partial charge in [-0.25, -0.2) is 4.39 Å². The van der Waals surface area contributed by atoms with Crippen LogP contribution in [0.1, 0.15) is 43.7 Å². The summed E-state index contributed by atoms with van der Waals surface area (Å²) in [7, 11) is 0. The maximum atomic E-state index is 13.5. The van der Waals surface area contributed by atoms with E-state index in [9.17, 15) is 9.18 Å². The molecule has 17 heavy (non-hydrogen) atoms. The monoisotopic (exact) mass is 238 g/mol. The fraction of sp³-hybridized carbons (Fsp3) is 0.500. The van der Waals surface area contributed by atoms with E-state index < -0.39 is 0 Å². The van der Waals surface area contributed by atoms with Crippen LogP contribution in [0.3, 0.4) is 0 Å². The van der Waals surface area contributed by atoms with Crippen molar-refractivity contribution in [2.24, 2.45) is 0 Å². The van der Waals surface area contributed by atoms with Gasteiger partial charge in [0.25, 0.3) is 0 Å². The van der Waals surface area contributed by atoms with Crippen LogP contribution >= 0.6 is 0 Å². The van der Waals surface area contributed by atoms with Crippen molar-refractivity contribution in [3.05, 3.63) is 35.1 Å². The molecule has 0 radical (unpaired) electrons. The number of carbonyl (C=O) groups excluding carboxylic acids is 1. The first-order chi connectivity index (χ1) is 8.10. The molecule has 0 fully saturated rings. The zero-order chi connectivity index (χ0) is 12.8. The van der Waals surface area contributed by atoms with Crippen molar-refractivity contribution in [3.8, 4) is 0 Å². The quantitative estimate of drug-likeness (QED) is 0.733. The smallest absolute Gasteiger partial charge is 0.313 e. The van der Waals surface area contributed by atoms with E-state index in [4.69, 9.17) is 4.74 Å². The van der Waals surface area contributed by atoms with Crippen molar-refractivity contribution >= 4 is 5.97 Å². The van der Waals surface area contributed by atoms with E-state index in [1.54, 1.807) is 26.0 Å². The maximum Gasteiger partial charge on any atom is 0.313 e. The first kappa shape index (κ1) is 13.7. The van der Waals surface area contributed by atoms with E-state index in [0.29, 0.717) is 24.2 Å². The summed E-state index contributed by atoms with van der Waals surface area (Å²) in [5.41, 5.74) is 1.29. The van der Waals surface area contributed by atoms with Crippen LogP contribution in [0.25, 0.3) is 0 Å². The van der Waals surface area contributed by atoms with Gasteiger partial charge in [0.15, 0.2) is 0 Å². The third kappa shape index (κ3) is 3.55. The highest BCUT2D eigenvalue weighted by molar-refractivity contribution is 5.78. The lowest BCUT2D eigenvalue weighted by Crippen LogP contribution is -2.16. The Hall–Kier alpha value is -1.38. The fourth-order valence-corrected chi connectivity index (χ4v) is 1.78. The molecule has 1 unspecified atom stereocenters. The Morgan fingerprint density at radius 2 is 2.12 bits per heavy atom. The van der Waals surface area contributed by atoms with Gasteiger partial charge in [-0.2, -0.15) is 0 Å². The molecular weight excluding hydrogens is 219 g/mol. The number of halogens is 1. The summed E-state index contributed by atoms with van der Waals surface area (Å²) in [4.78, 5) is 11.8. The number of aryl methyl sites for hydroxylation is 1. The minimum atomic E-state index is -0.352. The fourth-order valence-electron chi connectivity index (χ4n) is 1.78. The van der Waals surface area contributed by atoms with E-state index in [1.165, 1.54) is 6.07 Å². The molecule has 1 aromatic rings. The molecule has 3 heteroatoms. The molecule has 0 aliphatic rings. The molecule has 1 atom stereocenters. The molecule has 1 rings (SSSR count). The molecule has 94 valence electrons. The van der Waals surface area contributed by atoms with Gasteiger partial charge in [-0.3, -0.25) is 4.79 Å². The summed E-state index contributed by atoms with van der Waals surface area (Å²) in [6, 6.07) is 4.94. The summed E-state index contributed by atoms with van der Waals surface area (Å²) in [6.07, 6.45) is 1.54. The van der Waals surface area contributed by atoms with E-state index in [1.807, 2.05) is 6.92 Å². The van der Waals surface area contributed by atoms with Crippen LogP contribution in [0, 0.1) is 12.7 Å². The molecule has 0 bridgehead atoms. The Morgan fingerprint density at radius 3 is 2.65 bits per heavy atom. The van der Waals surface area contributed by atoms with E-state index >= 15 is 0 Å². The second-order valence-corrected chi connectivity index (χ2v) is 4.10. The summed E-state index contributed by atoms with van der Waals surface area (Å²) >= 11 is 0. The lowest BCUT2D eigenvalue weighted by atomic mass is 9.94. The molecule has 1 aromatic carbocycles. The summed E-state index contributed by atoms with van der Waals surface area (Å²) in [5, 5.41) is 0. The maximum absolute atomic E-state index is 13.5. The van der Waals surface area contributed by atoms with Crippen LogP contribution < -0.4 is 0 Å². The number of esters is 1. The largest absolute Gasteiger partial charge is 0.466 e. The van der Waals surface area contributed by atoms with Gasteiger partial charge in [0, 0.05) is 0 Å². The SMILES string of the molecule is CCCC(C(=O)OCC)c1ccc(C)c(F)c1. The Labute approximate surface area is 102 Å². The Kier molecular flexibility index (Phi) is 5.13. The first-order valence-corrected chi connectivity index (χ1v) is 6.02. The second kappa shape index (κ2) is 6.38. The van der Waals surface area contributed by atoms with Crippen LogP contribution in [0.2, 0.25) is 0 Å². The standard InChI is InChI=1S/C14H19FO2/c1-4-6-12(14(16)17-5-2)11-8-7-10(3)13(15)9-11/h7-9,12H,4-6H2,1-3H3. The average Bonchev–Trinajstić information content (AvgIpc) is 2.30. The highest BCUT2D eigenvalue weighted by atomic mass is 19.1. The highest BCUT2D eigenvalue weighted by Crippen LogP contribution is 2.24. The predicted molar refractivity (Wildman–Crippen MR) is 65.4 cm³/mol. The van der Waals surface area contributed by atoms with Crippen LogP contribution in [-0.2, 0) is 9.53 Å². The van der Waals surface area contributed by atoms with Crippen molar-refractivity contribution in [1.29, 1.82) is 0 Å². The summed E-state index contributed by atoms with van der Waals surface area (Å²) < 4.78 is 18.5. The van der Waals surface area contributed by atoms with Gasteiger partial charge in [0.2, 0.25) is 0 Å². The lowest BCUT2D eigenvalue weighted by Gasteiger charge is -2.15. The van der Waals surface area contributed by atoms with Crippen molar-refractivity contribution in [2.45, 2.75) is 39.5 Å². The Bertz CT molecular complexity index is 388. The number of rotatable bonds is 5. The summed E-state index contributed by atoms with van der Waals surface area (Å²) in [6.45, 7) is 5.83. The molecule has 0 N–H and O–H groups in total. The van der Waals surface area contributed by atoms with Crippen molar-refractivity contribution < 1.29 is 13.9 Å².